The van der Waals surface area contributed by atoms with Gasteiger partial charge in [0.1, 0.15) is 10.6 Å². The summed E-state index contributed by atoms with van der Waals surface area (Å²) < 4.78 is 71.2. The second kappa shape index (κ2) is 10.5. The number of sulfonamides is 1. The highest BCUT2D eigenvalue weighted by molar-refractivity contribution is 7.89. The van der Waals surface area contributed by atoms with Crippen LogP contribution in [0.3, 0.4) is 0 Å². The topological polar surface area (TPSA) is 130 Å². The van der Waals surface area contributed by atoms with Crippen molar-refractivity contribution in [3.05, 3.63) is 47.5 Å². The van der Waals surface area contributed by atoms with Crippen LogP contribution in [0.5, 0.6) is 0 Å². The van der Waals surface area contributed by atoms with Crippen LogP contribution >= 0.6 is 0 Å². The molecular weight excluding hydrogens is 491 g/mol. The van der Waals surface area contributed by atoms with Gasteiger partial charge in [0, 0.05) is 50.7 Å². The Morgan fingerprint density at radius 2 is 1.86 bits per heavy atom. The summed E-state index contributed by atoms with van der Waals surface area (Å²) in [4.78, 5) is 36.6. The number of hydrogen-bond donors (Lipinski definition) is 3. The summed E-state index contributed by atoms with van der Waals surface area (Å²) in [5.41, 5.74) is -0.744. The summed E-state index contributed by atoms with van der Waals surface area (Å²) in [6.45, 7) is 1.87. The van der Waals surface area contributed by atoms with E-state index in [1.165, 1.54) is 11.9 Å². The first-order chi connectivity index (χ1) is 16.5. The number of amides is 3. The lowest BCUT2D eigenvalue weighted by Crippen LogP contribution is -2.43. The van der Waals surface area contributed by atoms with Gasteiger partial charge in [-0.05, 0) is 25.0 Å². The summed E-state index contributed by atoms with van der Waals surface area (Å²) in [6.07, 6.45) is 1.61. The predicted molar refractivity (Wildman–Crippen MR) is 118 cm³/mol. The van der Waals surface area contributed by atoms with Crippen LogP contribution in [-0.4, -0.2) is 61.8 Å². The first kappa shape index (κ1) is 26.2. The van der Waals surface area contributed by atoms with Crippen LogP contribution < -0.4 is 15.4 Å². The molecule has 1 fully saturated rings. The highest BCUT2D eigenvalue weighted by Crippen LogP contribution is 2.24. The van der Waals surface area contributed by atoms with Crippen LogP contribution in [0.25, 0.3) is 0 Å². The van der Waals surface area contributed by atoms with E-state index >= 15 is 4.39 Å². The minimum atomic E-state index is -4.46. The molecule has 3 amide bonds. The van der Waals surface area contributed by atoms with Crippen LogP contribution in [0, 0.1) is 17.5 Å². The fourth-order valence-electron chi connectivity index (χ4n) is 3.68. The normalized spacial score (nSPS) is 15.8. The van der Waals surface area contributed by atoms with Crippen molar-refractivity contribution in [1.29, 1.82) is 0 Å². The van der Waals surface area contributed by atoms with Gasteiger partial charge >= 0.3 is 11.8 Å². The summed E-state index contributed by atoms with van der Waals surface area (Å²) in [6, 6.07) is 1.80. The third-order valence-electron chi connectivity index (χ3n) is 5.35. The van der Waals surface area contributed by atoms with E-state index < -0.39 is 61.8 Å². The molecule has 1 atom stereocenters. The van der Waals surface area contributed by atoms with Gasteiger partial charge in [-0.3, -0.25) is 14.4 Å². The number of benzene rings is 1. The van der Waals surface area contributed by atoms with Crippen molar-refractivity contribution < 1.29 is 36.0 Å². The van der Waals surface area contributed by atoms with Crippen LogP contribution in [0.4, 0.5) is 18.9 Å². The Hall–Kier alpha value is -3.39. The Kier molecular flexibility index (Phi) is 7.85. The largest absolute Gasteiger partial charge is 0.351 e. The monoisotopic (exact) mass is 515 g/mol. The van der Waals surface area contributed by atoms with Crippen molar-refractivity contribution in [3.8, 4) is 0 Å². The average Bonchev–Trinajstić information content (AvgIpc) is 3.39. The van der Waals surface area contributed by atoms with Gasteiger partial charge in [-0.1, -0.05) is 6.92 Å². The maximum atomic E-state index is 15.3. The predicted octanol–water partition coefficient (Wildman–Crippen LogP) is 1.19. The zero-order valence-corrected chi connectivity index (χ0v) is 19.7. The van der Waals surface area contributed by atoms with E-state index in [4.69, 9.17) is 0 Å². The maximum Gasteiger partial charge on any atom is 0.311 e. The number of carbonyl (C=O) groups is 3. The Balaban J connectivity index is 1.83. The maximum absolute atomic E-state index is 15.3. The minimum absolute atomic E-state index is 0.0910. The number of nitrogens with zero attached hydrogens (tertiary/aromatic N) is 2. The number of aryl methyl sites for hydroxylation is 1. The van der Waals surface area contributed by atoms with E-state index in [2.05, 4.69) is 15.4 Å². The number of nitrogens with one attached hydrogen (secondary N) is 3. The molecule has 1 aliphatic rings. The number of aromatic nitrogens is 1. The van der Waals surface area contributed by atoms with Crippen molar-refractivity contribution in [2.75, 3.05) is 25.5 Å². The molecule has 0 radical (unpaired) electrons. The smallest absolute Gasteiger partial charge is 0.311 e. The molecule has 0 aliphatic carbocycles. The number of carbonyl (C=O) groups excluding carboxylic acids is 3. The van der Waals surface area contributed by atoms with Crippen LogP contribution in [-0.2, 0) is 26.2 Å². The fourth-order valence-corrected chi connectivity index (χ4v) is 5.04. The van der Waals surface area contributed by atoms with Gasteiger partial charge in [0.25, 0.3) is 5.91 Å². The summed E-state index contributed by atoms with van der Waals surface area (Å²) >= 11 is 0. The number of rotatable bonds is 7. The zero-order valence-electron chi connectivity index (χ0n) is 18.9. The molecule has 0 unspecified atom stereocenters. The molecule has 1 saturated heterocycles. The molecule has 1 aromatic heterocycles. The average molecular weight is 516 g/mol. The van der Waals surface area contributed by atoms with E-state index in [-0.39, 0.29) is 31.7 Å². The van der Waals surface area contributed by atoms with Gasteiger partial charge in [0.2, 0.25) is 10.0 Å². The lowest BCUT2D eigenvalue weighted by Gasteiger charge is -2.16. The molecule has 3 N–H and O–H groups in total. The van der Waals surface area contributed by atoms with E-state index in [1.807, 2.05) is 0 Å². The van der Waals surface area contributed by atoms with Gasteiger partial charge in [0.05, 0.1) is 0 Å². The third-order valence-corrected chi connectivity index (χ3v) is 6.86. The number of hydrogen-bond acceptors (Lipinski definition) is 5. The number of halogens is 3. The van der Waals surface area contributed by atoms with Crippen LogP contribution in [0.1, 0.15) is 30.3 Å². The van der Waals surface area contributed by atoms with E-state index in [0.29, 0.717) is 12.5 Å². The molecule has 14 heteroatoms. The Morgan fingerprint density at radius 1 is 1.14 bits per heavy atom. The number of anilines is 1. The molecule has 1 aliphatic heterocycles. The first-order valence-corrected chi connectivity index (χ1v) is 12.1. The summed E-state index contributed by atoms with van der Waals surface area (Å²) in [5, 5.41) is 4.43. The van der Waals surface area contributed by atoms with Gasteiger partial charge in [0.15, 0.2) is 17.5 Å². The molecule has 0 spiro atoms. The highest BCUT2D eigenvalue weighted by atomic mass is 32.2. The van der Waals surface area contributed by atoms with Crippen molar-refractivity contribution >= 4 is 33.4 Å². The Bertz CT molecular complexity index is 1260. The van der Waals surface area contributed by atoms with Crippen molar-refractivity contribution in [2.24, 2.45) is 0 Å². The van der Waals surface area contributed by atoms with Crippen LogP contribution in [0.2, 0.25) is 0 Å². The zero-order chi connectivity index (χ0) is 25.9. The van der Waals surface area contributed by atoms with Crippen molar-refractivity contribution in [2.45, 2.75) is 37.2 Å². The Labute approximate surface area is 199 Å². The standard InChI is InChI=1S/C21H24F3N5O5S/c1-3-7-28-11-16(17(24)18(28)19(30)26-12-4-5-14(22)15(23)9-12)35(33,34)27-13-6-8-29(10-13)21(32)20(31)25-2/h4-5,9,11,13,27H,3,6-8,10H2,1-2H3,(H,25,31)(H,26,30)/t13-/m1/s1. The lowest BCUT2D eigenvalue weighted by molar-refractivity contribution is -0.144. The lowest BCUT2D eigenvalue weighted by atomic mass is 10.3. The van der Waals surface area contributed by atoms with Gasteiger partial charge in [-0.15, -0.1) is 0 Å². The molecule has 0 bridgehead atoms. The number of likely N-dealkylation sites (N-methyl/N-ethyl adjacent to an activating group) is 1. The summed E-state index contributed by atoms with van der Waals surface area (Å²) in [7, 11) is -3.17. The van der Waals surface area contributed by atoms with Gasteiger partial charge < -0.3 is 20.1 Å². The van der Waals surface area contributed by atoms with E-state index in [9.17, 15) is 31.6 Å². The second-order valence-electron chi connectivity index (χ2n) is 7.87. The SMILES string of the molecule is CCCn1cc(S(=O)(=O)N[C@@H]2CCN(C(=O)C(=O)NC)C2)c(F)c1C(=O)Nc1ccc(F)c(F)c1. The van der Waals surface area contributed by atoms with E-state index in [0.717, 1.165) is 22.9 Å². The molecule has 35 heavy (non-hydrogen) atoms. The van der Waals surface area contributed by atoms with Crippen molar-refractivity contribution in [1.82, 2.24) is 19.5 Å². The molecule has 1 aromatic carbocycles. The quantitative estimate of drug-likeness (QED) is 0.477. The first-order valence-electron chi connectivity index (χ1n) is 10.7. The molecule has 10 nitrogen and oxygen atoms in total. The molecular formula is C21H24F3N5O5S. The molecule has 3 rings (SSSR count). The Morgan fingerprint density at radius 3 is 2.49 bits per heavy atom. The third kappa shape index (κ3) is 5.65. The highest BCUT2D eigenvalue weighted by Gasteiger charge is 2.35. The van der Waals surface area contributed by atoms with Crippen molar-refractivity contribution in [3.63, 3.8) is 0 Å². The number of likely N-dealkylation sites (tertiary alicyclic amines) is 1. The minimum Gasteiger partial charge on any atom is -0.351 e. The molecule has 2 heterocycles. The fraction of sp³-hybridized carbons (Fsp3) is 0.381. The molecule has 2 aromatic rings. The van der Waals surface area contributed by atoms with Gasteiger partial charge in [-0.2, -0.15) is 0 Å². The molecule has 190 valence electrons. The van der Waals surface area contributed by atoms with Gasteiger partial charge in [-0.25, -0.2) is 26.3 Å². The molecule has 0 saturated carbocycles. The summed E-state index contributed by atoms with van der Waals surface area (Å²) in [5.74, 6) is -6.38. The van der Waals surface area contributed by atoms with E-state index in [1.54, 1.807) is 6.92 Å². The second-order valence-corrected chi connectivity index (χ2v) is 9.55. The van der Waals surface area contributed by atoms with Crippen LogP contribution in [0.15, 0.2) is 29.3 Å².